The van der Waals surface area contributed by atoms with Crippen LogP contribution in [0.3, 0.4) is 0 Å². The first kappa shape index (κ1) is 19.2. The number of nitrogens with one attached hydrogen (secondary N) is 1. The number of fused-ring (bicyclic) bond motifs is 1. The van der Waals surface area contributed by atoms with Crippen molar-refractivity contribution in [1.82, 2.24) is 15.0 Å². The lowest BCUT2D eigenvalue weighted by molar-refractivity contribution is 0.462. The molecule has 0 bridgehead atoms. The smallest absolute Gasteiger partial charge is 0.137 e. The summed E-state index contributed by atoms with van der Waals surface area (Å²) in [6.07, 6.45) is 14.2. The van der Waals surface area contributed by atoms with Crippen LogP contribution in [-0.2, 0) is 0 Å². The van der Waals surface area contributed by atoms with Gasteiger partial charge in [-0.25, -0.2) is 9.97 Å². The Morgan fingerprint density at radius 3 is 2.77 bits per heavy atom. The number of aromatic nitrogens is 3. The van der Waals surface area contributed by atoms with E-state index in [-0.39, 0.29) is 6.04 Å². The zero-order valence-electron chi connectivity index (χ0n) is 17.4. The quantitative estimate of drug-likeness (QED) is 0.675. The lowest BCUT2D eigenvalue weighted by atomic mass is 9.95. The van der Waals surface area contributed by atoms with Gasteiger partial charge in [0.05, 0.1) is 5.69 Å². The Bertz CT molecular complexity index is 1010. The van der Waals surface area contributed by atoms with E-state index >= 15 is 0 Å². The number of hydrogen-bond acceptors (Lipinski definition) is 6. The fraction of sp³-hybridized carbons (Fsp3) is 0.458. The third-order valence-electron chi connectivity index (χ3n) is 6.38. The molecule has 2 aliphatic rings. The molecule has 0 spiro atoms. The monoisotopic (exact) mass is 402 g/mol. The Morgan fingerprint density at radius 2 is 1.90 bits per heavy atom. The van der Waals surface area contributed by atoms with Gasteiger partial charge in [-0.3, -0.25) is 4.98 Å². The van der Waals surface area contributed by atoms with E-state index in [0.717, 1.165) is 59.6 Å². The van der Waals surface area contributed by atoms with Crippen molar-refractivity contribution in [1.29, 1.82) is 0 Å². The SMILES string of the molecule is N[C@@H]1CCCN(c2nc(-c3ccnc(NC4CCCCC4)c3)cc3cnccc23)C1. The van der Waals surface area contributed by atoms with Crippen LogP contribution in [0.25, 0.3) is 22.0 Å². The summed E-state index contributed by atoms with van der Waals surface area (Å²) in [4.78, 5) is 16.4. The second kappa shape index (κ2) is 8.56. The van der Waals surface area contributed by atoms with Crippen LogP contribution in [0.1, 0.15) is 44.9 Å². The summed E-state index contributed by atoms with van der Waals surface area (Å²) in [7, 11) is 0. The molecule has 1 aliphatic heterocycles. The molecule has 3 N–H and O–H groups in total. The van der Waals surface area contributed by atoms with Gasteiger partial charge in [0.1, 0.15) is 11.6 Å². The predicted molar refractivity (Wildman–Crippen MR) is 123 cm³/mol. The molecule has 2 fully saturated rings. The summed E-state index contributed by atoms with van der Waals surface area (Å²) in [5, 5.41) is 5.88. The highest BCUT2D eigenvalue weighted by Gasteiger charge is 2.21. The van der Waals surface area contributed by atoms with Crippen LogP contribution < -0.4 is 16.0 Å². The van der Waals surface area contributed by atoms with Crippen molar-refractivity contribution in [2.24, 2.45) is 5.73 Å². The molecule has 1 saturated carbocycles. The van der Waals surface area contributed by atoms with Gasteiger partial charge in [-0.2, -0.15) is 0 Å². The number of nitrogens with zero attached hydrogens (tertiary/aromatic N) is 4. The van der Waals surface area contributed by atoms with Crippen LogP contribution in [0.2, 0.25) is 0 Å². The summed E-state index contributed by atoms with van der Waals surface area (Å²) >= 11 is 0. The van der Waals surface area contributed by atoms with Crippen LogP contribution >= 0.6 is 0 Å². The van der Waals surface area contributed by atoms with Gasteiger partial charge in [0.15, 0.2) is 0 Å². The highest BCUT2D eigenvalue weighted by molar-refractivity contribution is 5.94. The van der Waals surface area contributed by atoms with E-state index in [1.54, 1.807) is 0 Å². The molecule has 3 aromatic heterocycles. The molecule has 0 amide bonds. The Hall–Kier alpha value is -2.73. The van der Waals surface area contributed by atoms with Crippen LogP contribution in [0.5, 0.6) is 0 Å². The minimum atomic E-state index is 0.202. The minimum Gasteiger partial charge on any atom is -0.367 e. The van der Waals surface area contributed by atoms with E-state index in [1.807, 2.05) is 24.7 Å². The molecule has 4 heterocycles. The molecule has 0 aromatic carbocycles. The lowest BCUT2D eigenvalue weighted by Crippen LogP contribution is -2.43. The predicted octanol–water partition coefficient (Wildman–Crippen LogP) is 4.36. The van der Waals surface area contributed by atoms with Gasteiger partial charge in [-0.1, -0.05) is 19.3 Å². The van der Waals surface area contributed by atoms with Crippen LogP contribution in [0, 0.1) is 0 Å². The van der Waals surface area contributed by atoms with Crippen LogP contribution in [-0.4, -0.2) is 40.1 Å². The molecule has 6 nitrogen and oxygen atoms in total. The highest BCUT2D eigenvalue weighted by Crippen LogP contribution is 2.32. The maximum Gasteiger partial charge on any atom is 0.137 e. The molecule has 1 atom stereocenters. The van der Waals surface area contributed by atoms with E-state index < -0.39 is 0 Å². The first-order valence-electron chi connectivity index (χ1n) is 11.2. The van der Waals surface area contributed by atoms with E-state index in [9.17, 15) is 0 Å². The van der Waals surface area contributed by atoms with Gasteiger partial charge in [0.25, 0.3) is 0 Å². The molecule has 1 aliphatic carbocycles. The number of hydrogen-bond donors (Lipinski definition) is 2. The Kier molecular flexibility index (Phi) is 5.49. The molecular weight excluding hydrogens is 372 g/mol. The van der Waals surface area contributed by atoms with Gasteiger partial charge in [-0.15, -0.1) is 0 Å². The molecule has 1 saturated heterocycles. The van der Waals surface area contributed by atoms with Crippen molar-refractivity contribution in [3.63, 3.8) is 0 Å². The summed E-state index contributed by atoms with van der Waals surface area (Å²) in [6, 6.07) is 9.10. The number of piperidine rings is 1. The fourth-order valence-electron chi connectivity index (χ4n) is 4.80. The second-order valence-corrected chi connectivity index (χ2v) is 8.69. The van der Waals surface area contributed by atoms with E-state index in [0.29, 0.717) is 6.04 Å². The molecule has 0 unspecified atom stereocenters. The maximum absolute atomic E-state index is 6.27. The van der Waals surface area contributed by atoms with E-state index in [4.69, 9.17) is 10.7 Å². The average molecular weight is 403 g/mol. The molecule has 5 rings (SSSR count). The molecule has 3 aromatic rings. The molecule has 156 valence electrons. The maximum atomic E-state index is 6.27. The molecule has 0 radical (unpaired) electrons. The van der Waals surface area contributed by atoms with Crippen LogP contribution in [0.15, 0.2) is 42.9 Å². The summed E-state index contributed by atoms with van der Waals surface area (Å²) in [6.45, 7) is 1.84. The van der Waals surface area contributed by atoms with Crippen molar-refractivity contribution in [3.05, 3.63) is 42.9 Å². The van der Waals surface area contributed by atoms with Crippen LogP contribution in [0.4, 0.5) is 11.6 Å². The molecule has 6 heteroatoms. The zero-order chi connectivity index (χ0) is 20.3. The number of nitrogens with two attached hydrogens (primary N) is 1. The van der Waals surface area contributed by atoms with E-state index in [2.05, 4.69) is 38.4 Å². The van der Waals surface area contributed by atoms with Crippen molar-refractivity contribution in [2.75, 3.05) is 23.3 Å². The number of anilines is 2. The Balaban J connectivity index is 1.50. The van der Waals surface area contributed by atoms with E-state index in [1.165, 1.54) is 32.1 Å². The summed E-state index contributed by atoms with van der Waals surface area (Å²) in [5.74, 6) is 1.95. The van der Waals surface area contributed by atoms with Crippen molar-refractivity contribution >= 4 is 22.4 Å². The van der Waals surface area contributed by atoms with Gasteiger partial charge in [0.2, 0.25) is 0 Å². The first-order valence-corrected chi connectivity index (χ1v) is 11.2. The van der Waals surface area contributed by atoms with Crippen molar-refractivity contribution in [3.8, 4) is 11.3 Å². The molecule has 30 heavy (non-hydrogen) atoms. The van der Waals surface area contributed by atoms with Gasteiger partial charge >= 0.3 is 0 Å². The van der Waals surface area contributed by atoms with Gasteiger partial charge in [0, 0.05) is 60.1 Å². The van der Waals surface area contributed by atoms with Gasteiger partial charge in [-0.05, 0) is 49.9 Å². The largest absolute Gasteiger partial charge is 0.367 e. The standard InChI is InChI=1S/C24H30N6/c25-19-5-4-12-30(16-19)24-21-9-10-26-15-18(21)13-22(29-24)17-8-11-27-23(14-17)28-20-6-2-1-3-7-20/h8-11,13-15,19-20H,1-7,12,16,25H2,(H,27,28)/t19-/m1/s1. The van der Waals surface area contributed by atoms with Gasteiger partial charge < -0.3 is 16.0 Å². The lowest BCUT2D eigenvalue weighted by Gasteiger charge is -2.32. The van der Waals surface area contributed by atoms with Crippen molar-refractivity contribution in [2.45, 2.75) is 57.0 Å². The summed E-state index contributed by atoms with van der Waals surface area (Å²) in [5.41, 5.74) is 8.30. The molecular formula is C24H30N6. The van der Waals surface area contributed by atoms with Crippen molar-refractivity contribution < 1.29 is 0 Å². The first-order chi connectivity index (χ1) is 14.8. The second-order valence-electron chi connectivity index (χ2n) is 8.69. The highest BCUT2D eigenvalue weighted by atomic mass is 15.2. The fourth-order valence-corrected chi connectivity index (χ4v) is 4.80. The minimum absolute atomic E-state index is 0.202. The third-order valence-corrected chi connectivity index (χ3v) is 6.38. The normalized spacial score (nSPS) is 20.4. The third kappa shape index (κ3) is 4.10. The zero-order valence-corrected chi connectivity index (χ0v) is 17.4. The average Bonchev–Trinajstić information content (AvgIpc) is 2.79. The summed E-state index contributed by atoms with van der Waals surface area (Å²) < 4.78 is 0. The number of rotatable bonds is 4. The Labute approximate surface area is 177 Å². The topological polar surface area (TPSA) is 80.0 Å². The Morgan fingerprint density at radius 1 is 1.00 bits per heavy atom. The number of pyridine rings is 3.